The van der Waals surface area contributed by atoms with Gasteiger partial charge in [0.05, 0.1) is 27.5 Å². The van der Waals surface area contributed by atoms with E-state index in [9.17, 15) is 21.6 Å². The van der Waals surface area contributed by atoms with Crippen molar-refractivity contribution in [3.63, 3.8) is 0 Å². The molecule has 1 aliphatic heterocycles. The molecule has 11 heteroatoms. The van der Waals surface area contributed by atoms with Gasteiger partial charge in [0.2, 0.25) is 16.8 Å². The monoisotopic (exact) mass is 441 g/mol. The van der Waals surface area contributed by atoms with E-state index >= 15 is 0 Å². The first-order valence-electron chi connectivity index (χ1n) is 9.09. The highest BCUT2D eigenvalue weighted by molar-refractivity contribution is 7.89. The summed E-state index contributed by atoms with van der Waals surface area (Å²) >= 11 is 0. The number of nitrogens with zero attached hydrogens (tertiary/aromatic N) is 2. The lowest BCUT2D eigenvalue weighted by Gasteiger charge is -2.16. The third kappa shape index (κ3) is 3.58. The second kappa shape index (κ2) is 7.17. The van der Waals surface area contributed by atoms with E-state index in [1.165, 1.54) is 24.3 Å². The van der Waals surface area contributed by atoms with Crippen LogP contribution in [0.3, 0.4) is 0 Å². The lowest BCUT2D eigenvalue weighted by atomic mass is 10.2. The largest absolute Gasteiger partial charge is 0.454 e. The van der Waals surface area contributed by atoms with Gasteiger partial charge in [-0.3, -0.25) is 0 Å². The predicted octanol–water partition coefficient (Wildman–Crippen LogP) is 3.84. The molecule has 4 rings (SSSR count). The first kappa shape index (κ1) is 20.5. The third-order valence-corrected chi connectivity index (χ3v) is 6.33. The van der Waals surface area contributed by atoms with Gasteiger partial charge in [0.15, 0.2) is 11.5 Å². The van der Waals surface area contributed by atoms with Crippen molar-refractivity contribution in [2.24, 2.45) is 0 Å². The zero-order valence-corrected chi connectivity index (χ0v) is 16.8. The molecule has 1 unspecified atom stereocenters. The molecule has 0 spiro atoms. The molecule has 0 radical (unpaired) electrons. The Bertz CT molecular complexity index is 1220. The third-order valence-electron chi connectivity index (χ3n) is 4.79. The minimum atomic E-state index is -4.48. The Morgan fingerprint density at radius 2 is 1.90 bits per heavy atom. The number of ether oxygens (including phenoxy) is 2. The van der Waals surface area contributed by atoms with Crippen molar-refractivity contribution in [3.8, 4) is 11.5 Å². The molecule has 3 aromatic rings. The molecule has 1 atom stereocenters. The van der Waals surface area contributed by atoms with E-state index in [-0.39, 0.29) is 17.2 Å². The molecule has 0 amide bonds. The number of benzene rings is 2. The van der Waals surface area contributed by atoms with Crippen molar-refractivity contribution >= 4 is 21.1 Å². The number of alkyl halides is 3. The minimum absolute atomic E-state index is 0.0166. The number of aryl methyl sites for hydroxylation is 1. The fourth-order valence-corrected chi connectivity index (χ4v) is 4.59. The van der Waals surface area contributed by atoms with Crippen LogP contribution in [0.15, 0.2) is 41.3 Å². The normalized spacial score (nSPS) is 15.0. The first-order chi connectivity index (χ1) is 14.1. The summed E-state index contributed by atoms with van der Waals surface area (Å²) in [5.74, 6) is 1.09. The SMILES string of the molecule is CCn1c(C(C)NS(=O)(=O)c2ccc3c(c2)OCO3)nc2ccc(C(F)(F)F)cc21. The molecular weight excluding hydrogens is 423 g/mol. The van der Waals surface area contributed by atoms with Gasteiger partial charge in [0, 0.05) is 12.6 Å². The van der Waals surface area contributed by atoms with Crippen molar-refractivity contribution in [1.82, 2.24) is 14.3 Å². The van der Waals surface area contributed by atoms with Crippen molar-refractivity contribution in [2.75, 3.05) is 6.79 Å². The number of halogens is 3. The van der Waals surface area contributed by atoms with E-state index in [1.807, 2.05) is 0 Å². The van der Waals surface area contributed by atoms with E-state index in [0.29, 0.717) is 29.4 Å². The van der Waals surface area contributed by atoms with Gasteiger partial charge in [-0.2, -0.15) is 13.2 Å². The number of nitrogens with one attached hydrogen (secondary N) is 1. The maximum atomic E-state index is 13.1. The molecule has 0 saturated heterocycles. The number of rotatable bonds is 5. The lowest BCUT2D eigenvalue weighted by molar-refractivity contribution is -0.137. The summed E-state index contributed by atoms with van der Waals surface area (Å²) in [5, 5.41) is 0. The molecule has 160 valence electrons. The molecule has 30 heavy (non-hydrogen) atoms. The van der Waals surface area contributed by atoms with E-state index in [0.717, 1.165) is 12.1 Å². The van der Waals surface area contributed by atoms with Crippen LogP contribution in [0.4, 0.5) is 13.2 Å². The Morgan fingerprint density at radius 1 is 1.17 bits per heavy atom. The average Bonchev–Trinajstić information content (AvgIpc) is 3.29. The van der Waals surface area contributed by atoms with Gasteiger partial charge in [0.25, 0.3) is 0 Å². The summed E-state index contributed by atoms with van der Waals surface area (Å²) in [7, 11) is -3.94. The van der Waals surface area contributed by atoms with Crippen molar-refractivity contribution in [1.29, 1.82) is 0 Å². The highest BCUT2D eigenvalue weighted by Gasteiger charge is 2.31. The standard InChI is InChI=1S/C19H18F3N3O4S/c1-3-25-15-8-12(19(20,21)22)4-6-14(15)23-18(25)11(2)24-30(26,27)13-5-7-16-17(9-13)29-10-28-16/h4-9,11,24H,3,10H2,1-2H3. The molecule has 0 aliphatic carbocycles. The van der Waals surface area contributed by atoms with Gasteiger partial charge in [-0.1, -0.05) is 0 Å². The molecule has 0 saturated carbocycles. The quantitative estimate of drug-likeness (QED) is 0.651. The summed E-state index contributed by atoms with van der Waals surface area (Å²) in [6.45, 7) is 3.68. The van der Waals surface area contributed by atoms with Crippen molar-refractivity contribution in [3.05, 3.63) is 47.8 Å². The van der Waals surface area contributed by atoms with Crippen LogP contribution >= 0.6 is 0 Å². The topological polar surface area (TPSA) is 82.5 Å². The molecular formula is C19H18F3N3O4S. The summed E-state index contributed by atoms with van der Waals surface area (Å²) in [6.07, 6.45) is -4.48. The van der Waals surface area contributed by atoms with Crippen LogP contribution in [0, 0.1) is 0 Å². The van der Waals surface area contributed by atoms with Gasteiger partial charge in [-0.05, 0) is 44.2 Å². The van der Waals surface area contributed by atoms with E-state index in [2.05, 4.69) is 9.71 Å². The highest BCUT2D eigenvalue weighted by Crippen LogP contribution is 2.35. The molecule has 0 fully saturated rings. The van der Waals surface area contributed by atoms with Gasteiger partial charge in [-0.15, -0.1) is 0 Å². The second-order valence-corrected chi connectivity index (χ2v) is 8.49. The Labute approximate surface area is 170 Å². The van der Waals surface area contributed by atoms with Gasteiger partial charge < -0.3 is 14.0 Å². The minimum Gasteiger partial charge on any atom is -0.454 e. The number of hydrogen-bond donors (Lipinski definition) is 1. The number of aromatic nitrogens is 2. The zero-order chi connectivity index (χ0) is 21.7. The molecule has 7 nitrogen and oxygen atoms in total. The Morgan fingerprint density at radius 3 is 2.60 bits per heavy atom. The second-order valence-electron chi connectivity index (χ2n) is 6.77. The number of imidazole rings is 1. The summed E-state index contributed by atoms with van der Waals surface area (Å²) in [6, 6.07) is 6.72. The molecule has 0 bridgehead atoms. The van der Waals surface area contributed by atoms with E-state index in [4.69, 9.17) is 9.47 Å². The number of sulfonamides is 1. The highest BCUT2D eigenvalue weighted by atomic mass is 32.2. The van der Waals surface area contributed by atoms with Crippen LogP contribution < -0.4 is 14.2 Å². The smallest absolute Gasteiger partial charge is 0.416 e. The van der Waals surface area contributed by atoms with E-state index in [1.54, 1.807) is 18.4 Å². The summed E-state index contributed by atoms with van der Waals surface area (Å²) < 4.78 is 79.4. The number of hydrogen-bond acceptors (Lipinski definition) is 5. The van der Waals surface area contributed by atoms with Crippen molar-refractivity contribution in [2.45, 2.75) is 37.5 Å². The van der Waals surface area contributed by atoms with Crippen LogP contribution in [0.2, 0.25) is 0 Å². The maximum absolute atomic E-state index is 13.1. The fraction of sp³-hybridized carbons (Fsp3) is 0.316. The fourth-order valence-electron chi connectivity index (χ4n) is 3.38. The van der Waals surface area contributed by atoms with Crippen LogP contribution in [0.1, 0.15) is 31.3 Å². The molecule has 2 aromatic carbocycles. The molecule has 2 heterocycles. The lowest BCUT2D eigenvalue weighted by Crippen LogP contribution is -2.28. The molecule has 1 aromatic heterocycles. The van der Waals surface area contributed by atoms with Crippen LogP contribution in [-0.4, -0.2) is 24.8 Å². The maximum Gasteiger partial charge on any atom is 0.416 e. The molecule has 1 aliphatic rings. The number of fused-ring (bicyclic) bond motifs is 2. The van der Waals surface area contributed by atoms with Crippen molar-refractivity contribution < 1.29 is 31.1 Å². The van der Waals surface area contributed by atoms with E-state index < -0.39 is 27.8 Å². The van der Waals surface area contributed by atoms with Crippen LogP contribution in [-0.2, 0) is 22.7 Å². The van der Waals surface area contributed by atoms with Crippen LogP contribution in [0.5, 0.6) is 11.5 Å². The summed E-state index contributed by atoms with van der Waals surface area (Å²) in [4.78, 5) is 4.35. The van der Waals surface area contributed by atoms with Gasteiger partial charge in [-0.25, -0.2) is 18.1 Å². The first-order valence-corrected chi connectivity index (χ1v) is 10.6. The summed E-state index contributed by atoms with van der Waals surface area (Å²) in [5.41, 5.74) is -0.143. The Kier molecular flexibility index (Phi) is 4.89. The Hall–Kier alpha value is -2.79. The van der Waals surface area contributed by atoms with Gasteiger partial charge >= 0.3 is 6.18 Å². The van der Waals surface area contributed by atoms with Gasteiger partial charge in [0.1, 0.15) is 5.82 Å². The average molecular weight is 441 g/mol. The molecule has 1 N–H and O–H groups in total. The predicted molar refractivity (Wildman–Crippen MR) is 102 cm³/mol. The van der Waals surface area contributed by atoms with Crippen LogP contribution in [0.25, 0.3) is 11.0 Å². The zero-order valence-electron chi connectivity index (χ0n) is 16.0. The Balaban J connectivity index is 1.68.